The summed E-state index contributed by atoms with van der Waals surface area (Å²) in [6, 6.07) is 9.87. The summed E-state index contributed by atoms with van der Waals surface area (Å²) in [5, 5.41) is 0. The average molecular weight is 572 g/mol. The fourth-order valence-electron chi connectivity index (χ4n) is 5.53. The van der Waals surface area contributed by atoms with E-state index in [1.54, 1.807) is 0 Å². The summed E-state index contributed by atoms with van der Waals surface area (Å²) < 4.78 is 22.9. The van der Waals surface area contributed by atoms with Gasteiger partial charge in [0.1, 0.15) is 24.8 Å². The monoisotopic (exact) mass is 571 g/mol. The van der Waals surface area contributed by atoms with Crippen molar-refractivity contribution < 1.29 is 33.3 Å². The summed E-state index contributed by atoms with van der Waals surface area (Å²) in [5.41, 5.74) is 1.60. The Labute approximate surface area is 237 Å². The van der Waals surface area contributed by atoms with Gasteiger partial charge in [0.2, 0.25) is 0 Å². The number of carbonyl (C=O) groups is 3. The van der Waals surface area contributed by atoms with E-state index in [4.69, 9.17) is 36.6 Å². The van der Waals surface area contributed by atoms with Gasteiger partial charge in [-0.05, 0) is 18.4 Å². The highest BCUT2D eigenvalue weighted by atomic mass is 32.1. The lowest BCUT2D eigenvalue weighted by Gasteiger charge is -2.38. The van der Waals surface area contributed by atoms with Gasteiger partial charge in [-0.25, -0.2) is 15.0 Å². The second-order valence-corrected chi connectivity index (χ2v) is 10.9. The third-order valence-corrected chi connectivity index (χ3v) is 7.64. The summed E-state index contributed by atoms with van der Waals surface area (Å²) in [7, 11) is 0. The van der Waals surface area contributed by atoms with Crippen LogP contribution in [0.2, 0.25) is 0 Å². The molecular weight excluding hydrogens is 538 g/mol. The number of thiol groups is 1. The van der Waals surface area contributed by atoms with Crippen LogP contribution >= 0.6 is 12.6 Å². The Bertz CT molecular complexity index is 1230. The van der Waals surface area contributed by atoms with Gasteiger partial charge in [0.25, 0.3) is 0 Å². The molecule has 0 saturated carbocycles. The number of rotatable bonds is 8. The van der Waals surface area contributed by atoms with Crippen molar-refractivity contribution in [2.45, 2.75) is 75.7 Å². The average Bonchev–Trinajstić information content (AvgIpc) is 3.62. The first-order valence-electron chi connectivity index (χ1n) is 13.3. The highest BCUT2D eigenvalue weighted by Gasteiger charge is 2.58. The lowest BCUT2D eigenvalue weighted by molar-refractivity contribution is -0.168. The van der Waals surface area contributed by atoms with Crippen molar-refractivity contribution in [2.24, 2.45) is 15.0 Å². The molecule has 0 amide bonds. The second-order valence-electron chi connectivity index (χ2n) is 10.2. The normalized spacial score (nSPS) is 31.4. The zero-order valence-corrected chi connectivity index (χ0v) is 23.5. The van der Waals surface area contributed by atoms with Gasteiger partial charge in [0.05, 0.1) is 0 Å². The van der Waals surface area contributed by atoms with Gasteiger partial charge in [0, 0.05) is 40.3 Å². The first kappa shape index (κ1) is 28.2. The number of hydrogen-bond acceptors (Lipinski definition) is 13. The van der Waals surface area contributed by atoms with Crippen LogP contribution < -0.4 is 0 Å². The minimum Gasteiger partial charge on any atom is -0.463 e. The molecule has 0 bridgehead atoms. The zero-order chi connectivity index (χ0) is 28.4. The lowest BCUT2D eigenvalue weighted by Crippen LogP contribution is -2.57. The van der Waals surface area contributed by atoms with E-state index in [2.05, 4.69) is 14.9 Å². The van der Waals surface area contributed by atoms with Gasteiger partial charge in [-0.2, -0.15) is 0 Å². The third-order valence-electron chi connectivity index (χ3n) is 7.16. The maximum absolute atomic E-state index is 12.3. The molecule has 1 aromatic carbocycles. The molecule has 0 N–H and O–H groups in total. The molecule has 0 aromatic heterocycles. The molecule has 6 atom stereocenters. The van der Waals surface area contributed by atoms with E-state index >= 15 is 0 Å². The Hall–Kier alpha value is -3.29. The molecule has 0 aliphatic carbocycles. The summed E-state index contributed by atoms with van der Waals surface area (Å²) in [6.07, 6.45) is -0.558. The summed E-state index contributed by atoms with van der Waals surface area (Å²) in [6.45, 7) is 5.19. The first-order valence-corrected chi connectivity index (χ1v) is 13.7. The number of benzene rings is 1. The zero-order valence-electron chi connectivity index (χ0n) is 22.6. The molecule has 2 unspecified atom stereocenters. The standard InChI is InChI=1S/C27H33N5O7S/c1-16(33)36-14-20-21(37-17(2)34)22(38-18(3)35)25(39-20)32-24-23(30-26(32)31-11-7-8-12-31)27(40,29-15-28-24)13-19-9-5-4-6-10-19/h4-6,9-10,15,20-22,25-26,40H,7-8,11-14H2,1-3H3/t20-,21-,22-,25-,26?,27?/m1/s1. The van der Waals surface area contributed by atoms with E-state index in [0.29, 0.717) is 18.0 Å². The number of likely N-dealkylation sites (tertiary alicyclic amines) is 1. The molecule has 0 radical (unpaired) electrons. The predicted octanol–water partition coefficient (Wildman–Crippen LogP) is 1.58. The molecular formula is C27H33N5O7S. The van der Waals surface area contributed by atoms with Crippen LogP contribution in [-0.2, 0) is 39.8 Å². The fraction of sp³-hybridized carbons (Fsp3) is 0.556. The van der Waals surface area contributed by atoms with Crippen molar-refractivity contribution in [3.8, 4) is 0 Å². The molecule has 4 aliphatic rings. The van der Waals surface area contributed by atoms with E-state index in [9.17, 15) is 14.4 Å². The van der Waals surface area contributed by atoms with E-state index in [-0.39, 0.29) is 6.61 Å². The summed E-state index contributed by atoms with van der Waals surface area (Å²) in [4.78, 5) is 53.3. The van der Waals surface area contributed by atoms with Gasteiger partial charge < -0.3 is 18.9 Å². The molecule has 5 rings (SSSR count). The number of amidine groups is 1. The molecule has 4 heterocycles. The largest absolute Gasteiger partial charge is 0.463 e. The van der Waals surface area contributed by atoms with Gasteiger partial charge in [0.15, 0.2) is 35.4 Å². The highest BCUT2D eigenvalue weighted by molar-refractivity contribution is 7.83. The van der Waals surface area contributed by atoms with Crippen molar-refractivity contribution in [1.82, 2.24) is 9.80 Å². The van der Waals surface area contributed by atoms with Crippen LogP contribution in [-0.4, -0.2) is 101 Å². The fourth-order valence-corrected chi connectivity index (χ4v) is 5.92. The Kier molecular flexibility index (Phi) is 8.24. The molecule has 2 fully saturated rings. The number of fused-ring (bicyclic) bond motifs is 1. The predicted molar refractivity (Wildman–Crippen MR) is 148 cm³/mol. The third kappa shape index (κ3) is 5.77. The maximum atomic E-state index is 12.3. The van der Waals surface area contributed by atoms with E-state index in [1.165, 1.54) is 27.1 Å². The van der Waals surface area contributed by atoms with Crippen molar-refractivity contribution in [3.05, 3.63) is 35.9 Å². The quantitative estimate of drug-likeness (QED) is 0.281. The van der Waals surface area contributed by atoms with Crippen LogP contribution in [0.15, 0.2) is 45.3 Å². The number of hydrogen-bond donors (Lipinski definition) is 1. The Morgan fingerprint density at radius 2 is 1.70 bits per heavy atom. The Morgan fingerprint density at radius 1 is 1.02 bits per heavy atom. The smallest absolute Gasteiger partial charge is 0.303 e. The van der Waals surface area contributed by atoms with Crippen molar-refractivity contribution in [3.63, 3.8) is 0 Å². The molecule has 12 nitrogen and oxygen atoms in total. The molecule has 214 valence electrons. The minimum atomic E-state index is -1.05. The number of nitrogens with zero attached hydrogens (tertiary/aromatic N) is 5. The highest BCUT2D eigenvalue weighted by Crippen LogP contribution is 2.39. The molecule has 13 heteroatoms. The molecule has 40 heavy (non-hydrogen) atoms. The van der Waals surface area contributed by atoms with E-state index < -0.39 is 53.6 Å². The van der Waals surface area contributed by atoms with Crippen LogP contribution in [0, 0.1) is 0 Å². The molecule has 4 aliphatic heterocycles. The number of ether oxygens (including phenoxy) is 4. The lowest BCUT2D eigenvalue weighted by atomic mass is 10.00. The number of aliphatic imine (C=N–C) groups is 3. The molecule has 1 aromatic rings. The minimum absolute atomic E-state index is 0.198. The van der Waals surface area contributed by atoms with Crippen molar-refractivity contribution >= 4 is 48.4 Å². The van der Waals surface area contributed by atoms with Crippen LogP contribution in [0.5, 0.6) is 0 Å². The van der Waals surface area contributed by atoms with Gasteiger partial charge in [-0.3, -0.25) is 24.2 Å². The first-order chi connectivity index (χ1) is 19.2. The number of esters is 3. The van der Waals surface area contributed by atoms with E-state index in [0.717, 1.165) is 31.5 Å². The van der Waals surface area contributed by atoms with Gasteiger partial charge >= 0.3 is 17.9 Å². The Balaban J connectivity index is 1.53. The molecule has 0 spiro atoms. The maximum Gasteiger partial charge on any atom is 0.303 e. The van der Waals surface area contributed by atoms with E-state index in [1.807, 2.05) is 35.2 Å². The SMILES string of the molecule is CC(=O)OC[C@H]1O[C@@H](N2C3=NC=NC(S)(Cc4ccccc4)C3=NC2N2CCCC2)[C@H](OC(C)=O)[C@@H]1OC(C)=O. The second kappa shape index (κ2) is 11.7. The number of carbonyl (C=O) groups excluding carboxylic acids is 3. The van der Waals surface area contributed by atoms with Crippen molar-refractivity contribution in [1.29, 1.82) is 0 Å². The van der Waals surface area contributed by atoms with Crippen LogP contribution in [0.3, 0.4) is 0 Å². The van der Waals surface area contributed by atoms with Crippen LogP contribution in [0.25, 0.3) is 0 Å². The van der Waals surface area contributed by atoms with Gasteiger partial charge in [-0.1, -0.05) is 30.3 Å². The molecule has 2 saturated heterocycles. The van der Waals surface area contributed by atoms with Crippen LogP contribution in [0.4, 0.5) is 0 Å². The Morgan fingerprint density at radius 3 is 2.35 bits per heavy atom. The topological polar surface area (TPSA) is 132 Å². The summed E-state index contributed by atoms with van der Waals surface area (Å²) in [5.74, 6) is -1.21. The summed E-state index contributed by atoms with van der Waals surface area (Å²) >= 11 is 5.01. The van der Waals surface area contributed by atoms with Crippen molar-refractivity contribution in [2.75, 3.05) is 19.7 Å². The van der Waals surface area contributed by atoms with Gasteiger partial charge in [-0.15, -0.1) is 12.6 Å². The van der Waals surface area contributed by atoms with Crippen LogP contribution in [0.1, 0.15) is 39.2 Å².